The van der Waals surface area contributed by atoms with Gasteiger partial charge in [0.05, 0.1) is 41.7 Å². The third kappa shape index (κ3) is 4.46. The summed E-state index contributed by atoms with van der Waals surface area (Å²) in [5.41, 5.74) is 1.61. The number of phenols is 1. The number of fused-ring (bicyclic) bond motifs is 4. The van der Waals surface area contributed by atoms with Gasteiger partial charge < -0.3 is 9.84 Å². The zero-order chi connectivity index (χ0) is 31.6. The van der Waals surface area contributed by atoms with Crippen molar-refractivity contribution in [1.29, 1.82) is 0 Å². The summed E-state index contributed by atoms with van der Waals surface area (Å²) < 4.78 is 6.29. The molecule has 8 nitrogen and oxygen atoms in total. The number of anilines is 2. The van der Waals surface area contributed by atoms with Crippen molar-refractivity contribution in [2.75, 3.05) is 16.9 Å². The number of carbonyl (C=O) groups excluding carboxylic acids is 4. The van der Waals surface area contributed by atoms with Crippen molar-refractivity contribution in [3.8, 4) is 11.5 Å². The number of halogens is 1. The number of methoxy groups -OCH3 is 1. The fraction of sp³-hybridized carbons (Fsp3) is 0.278. The molecule has 2 aliphatic heterocycles. The van der Waals surface area contributed by atoms with Gasteiger partial charge in [-0.25, -0.2) is 4.90 Å². The number of allylic oxidation sites excluding steroid dienone is 3. The van der Waals surface area contributed by atoms with Crippen molar-refractivity contribution < 1.29 is 29.0 Å². The molecule has 1 saturated carbocycles. The van der Waals surface area contributed by atoms with E-state index >= 15 is 0 Å². The number of nitrogens with zero attached hydrogens (tertiary/aromatic N) is 2. The summed E-state index contributed by atoms with van der Waals surface area (Å²) >= 11 is 2.19. The largest absolute Gasteiger partial charge is 0.504 e. The third-order valence-electron chi connectivity index (χ3n) is 10.1. The normalized spacial score (nSPS) is 29.1. The van der Waals surface area contributed by atoms with Gasteiger partial charge in [-0.15, -0.1) is 0 Å². The van der Waals surface area contributed by atoms with Crippen LogP contribution in [0, 0.1) is 38.6 Å². The summed E-state index contributed by atoms with van der Waals surface area (Å²) in [6, 6.07) is 21.2. The average Bonchev–Trinajstić information content (AvgIpc) is 3.41. The van der Waals surface area contributed by atoms with Crippen LogP contribution in [0.5, 0.6) is 11.5 Å². The maximum absolute atomic E-state index is 14.4. The van der Waals surface area contributed by atoms with E-state index in [0.29, 0.717) is 30.0 Å². The second-order valence-electron chi connectivity index (χ2n) is 12.3. The van der Waals surface area contributed by atoms with E-state index in [2.05, 4.69) is 22.6 Å². The van der Waals surface area contributed by atoms with Gasteiger partial charge in [-0.05, 0) is 102 Å². The smallest absolute Gasteiger partial charge is 0.241 e. The van der Waals surface area contributed by atoms with Gasteiger partial charge in [0, 0.05) is 9.49 Å². The number of ether oxygens (including phenoxy) is 1. The Morgan fingerprint density at radius 2 is 1.60 bits per heavy atom. The summed E-state index contributed by atoms with van der Waals surface area (Å²) in [7, 11) is 1.48. The highest BCUT2D eigenvalue weighted by Crippen LogP contribution is 2.61. The molecule has 2 aliphatic carbocycles. The molecule has 7 rings (SSSR count). The van der Waals surface area contributed by atoms with Crippen LogP contribution in [0.4, 0.5) is 11.4 Å². The highest BCUT2D eigenvalue weighted by Gasteiger charge is 2.66. The number of phenolic OH excluding ortho intramolecular Hbond substituents is 1. The molecule has 2 saturated heterocycles. The quantitative estimate of drug-likeness (QED) is 0.198. The zero-order valence-electron chi connectivity index (χ0n) is 24.7. The van der Waals surface area contributed by atoms with Crippen LogP contribution in [0.25, 0.3) is 6.08 Å². The number of rotatable bonds is 5. The number of hydrogen-bond acceptors (Lipinski definition) is 6. The molecule has 2 heterocycles. The van der Waals surface area contributed by atoms with Gasteiger partial charge in [-0.1, -0.05) is 48.1 Å². The van der Waals surface area contributed by atoms with Crippen LogP contribution in [-0.4, -0.2) is 35.8 Å². The Hall–Kier alpha value is -4.25. The molecule has 3 aromatic carbocycles. The van der Waals surface area contributed by atoms with Crippen LogP contribution >= 0.6 is 22.6 Å². The Morgan fingerprint density at radius 1 is 0.889 bits per heavy atom. The van der Waals surface area contributed by atoms with E-state index in [1.807, 2.05) is 43.4 Å². The second-order valence-corrected chi connectivity index (χ2v) is 13.6. The summed E-state index contributed by atoms with van der Waals surface area (Å²) in [6.07, 6.45) is 6.52. The van der Waals surface area contributed by atoms with Crippen LogP contribution < -0.4 is 14.5 Å². The van der Waals surface area contributed by atoms with Crippen molar-refractivity contribution in [2.24, 2.45) is 35.0 Å². The summed E-state index contributed by atoms with van der Waals surface area (Å²) in [6.45, 7) is 1.86. The highest BCUT2D eigenvalue weighted by molar-refractivity contribution is 14.1. The van der Waals surface area contributed by atoms with Gasteiger partial charge in [-0.2, -0.15) is 0 Å². The molecule has 0 radical (unpaired) electrons. The summed E-state index contributed by atoms with van der Waals surface area (Å²) in [5.74, 6) is -3.46. The number of para-hydroxylation sites is 1. The van der Waals surface area contributed by atoms with E-state index in [1.54, 1.807) is 54.6 Å². The minimum Gasteiger partial charge on any atom is -0.504 e. The molecule has 0 aromatic heterocycles. The number of hydrogen-bond donors (Lipinski definition) is 1. The highest BCUT2D eigenvalue weighted by atomic mass is 127. The Morgan fingerprint density at radius 3 is 2.31 bits per heavy atom. The number of imide groups is 2. The first-order valence-corrected chi connectivity index (χ1v) is 16.0. The summed E-state index contributed by atoms with van der Waals surface area (Å²) in [4.78, 5) is 59.0. The molecule has 3 fully saturated rings. The molecule has 45 heavy (non-hydrogen) atoms. The maximum Gasteiger partial charge on any atom is 0.241 e. The van der Waals surface area contributed by atoms with Crippen molar-refractivity contribution in [1.82, 2.24) is 0 Å². The van der Waals surface area contributed by atoms with Gasteiger partial charge >= 0.3 is 0 Å². The molecule has 6 atom stereocenters. The number of amides is 4. The zero-order valence-corrected chi connectivity index (χ0v) is 26.9. The molecule has 4 aliphatic rings. The topological polar surface area (TPSA) is 104 Å². The molecule has 228 valence electrons. The fourth-order valence-electron chi connectivity index (χ4n) is 7.89. The molecule has 4 amide bonds. The van der Waals surface area contributed by atoms with Gasteiger partial charge in [0.25, 0.3) is 0 Å². The second kappa shape index (κ2) is 11.0. The lowest BCUT2D eigenvalue weighted by Gasteiger charge is -2.47. The van der Waals surface area contributed by atoms with Crippen LogP contribution in [0.3, 0.4) is 0 Å². The van der Waals surface area contributed by atoms with Gasteiger partial charge in [0.2, 0.25) is 23.6 Å². The monoisotopic (exact) mass is 714 g/mol. The molecule has 0 spiro atoms. The number of benzene rings is 3. The third-order valence-corrected chi connectivity index (χ3v) is 10.9. The average molecular weight is 715 g/mol. The maximum atomic E-state index is 14.4. The SMILES string of the molecule is COc1cc(C=C[C@H]2C3=CC[C@@H]4C(=O)N(c5ccc(I)cc5)C(=O)[C@@H]4[C@@H]3C[C@H]3C(=O)N(c4ccccc4)C(=O)[C@@]23C)ccc1O. The predicted molar refractivity (Wildman–Crippen MR) is 177 cm³/mol. The van der Waals surface area contributed by atoms with Gasteiger partial charge in [-0.3, -0.25) is 24.1 Å². The Kier molecular flexibility index (Phi) is 7.18. The summed E-state index contributed by atoms with van der Waals surface area (Å²) in [5, 5.41) is 10.1. The molecule has 3 aromatic rings. The molecule has 9 heteroatoms. The lowest BCUT2D eigenvalue weighted by Crippen LogP contribution is -2.49. The number of aromatic hydroxyl groups is 1. The van der Waals surface area contributed by atoms with E-state index in [-0.39, 0.29) is 35.3 Å². The molecular formula is C36H31IN2O6. The first-order valence-electron chi connectivity index (χ1n) is 15.0. The van der Waals surface area contributed by atoms with E-state index in [1.165, 1.54) is 16.9 Å². The van der Waals surface area contributed by atoms with Crippen LogP contribution in [-0.2, 0) is 19.2 Å². The van der Waals surface area contributed by atoms with Crippen LogP contribution in [0.1, 0.15) is 25.3 Å². The van der Waals surface area contributed by atoms with Gasteiger partial charge in [0.15, 0.2) is 11.5 Å². The lowest BCUT2D eigenvalue weighted by molar-refractivity contribution is -0.132. The molecule has 0 bridgehead atoms. The van der Waals surface area contributed by atoms with E-state index < -0.39 is 29.1 Å². The van der Waals surface area contributed by atoms with E-state index in [0.717, 1.165) is 14.7 Å². The van der Waals surface area contributed by atoms with Crippen molar-refractivity contribution in [3.63, 3.8) is 0 Å². The number of carbonyl (C=O) groups is 4. The minimum atomic E-state index is -1.11. The predicted octanol–water partition coefficient (Wildman–Crippen LogP) is 5.99. The van der Waals surface area contributed by atoms with Crippen molar-refractivity contribution in [2.45, 2.75) is 19.8 Å². The Bertz CT molecular complexity index is 1800. The van der Waals surface area contributed by atoms with E-state index in [9.17, 15) is 24.3 Å². The first-order chi connectivity index (χ1) is 21.6. The Balaban J connectivity index is 1.33. The standard InChI is InChI=1S/C36H31IN2O6/c1-36-27(16-8-20-9-17-29(40)30(18-20)45-2)24-14-15-25-31(34(43)38(32(25)41)23-12-10-21(37)11-13-23)26(24)19-28(36)33(42)39(35(36)44)22-6-4-3-5-7-22/h3-14,16-18,25-28,31,40H,15,19H2,1-2H3/t25-,26+,27-,28-,31-,36-/m0/s1. The molecule has 1 N–H and O–H groups in total. The first kappa shape index (κ1) is 29.5. The van der Waals surface area contributed by atoms with Crippen molar-refractivity contribution in [3.05, 3.63) is 99.7 Å². The van der Waals surface area contributed by atoms with Crippen molar-refractivity contribution >= 4 is 63.7 Å². The molecule has 0 unspecified atom stereocenters. The molecular weight excluding hydrogens is 683 g/mol. The Labute approximate surface area is 274 Å². The fourth-order valence-corrected chi connectivity index (χ4v) is 8.25. The lowest BCUT2D eigenvalue weighted by atomic mass is 9.52. The minimum absolute atomic E-state index is 0.0117. The van der Waals surface area contributed by atoms with Crippen LogP contribution in [0.15, 0.2) is 90.5 Å². The van der Waals surface area contributed by atoms with E-state index in [4.69, 9.17) is 4.74 Å². The van der Waals surface area contributed by atoms with Gasteiger partial charge in [0.1, 0.15) is 0 Å². The van der Waals surface area contributed by atoms with Crippen LogP contribution in [0.2, 0.25) is 0 Å².